The molecule has 126 valence electrons. The highest BCUT2D eigenvalue weighted by Gasteiger charge is 2.47. The zero-order chi connectivity index (χ0) is 16.8. The third-order valence-electron chi connectivity index (χ3n) is 3.96. The van der Waals surface area contributed by atoms with Crippen LogP contribution in [0, 0.1) is 11.8 Å². The third-order valence-corrected chi connectivity index (χ3v) is 4.26. The molecule has 0 radical (unpaired) electrons. The summed E-state index contributed by atoms with van der Waals surface area (Å²) in [6, 6.07) is 5.06. The number of ether oxygens (including phenoxy) is 1. The van der Waals surface area contributed by atoms with Crippen LogP contribution in [0.15, 0.2) is 18.2 Å². The van der Waals surface area contributed by atoms with Gasteiger partial charge in [0.1, 0.15) is 5.75 Å². The number of benzene rings is 1. The summed E-state index contributed by atoms with van der Waals surface area (Å²) in [5, 5.41) is 6.13. The van der Waals surface area contributed by atoms with E-state index in [1.807, 2.05) is 0 Å². The lowest BCUT2D eigenvalue weighted by molar-refractivity contribution is -0.125. The van der Waals surface area contributed by atoms with Crippen molar-refractivity contribution in [2.45, 2.75) is 32.6 Å². The van der Waals surface area contributed by atoms with E-state index in [0.29, 0.717) is 29.4 Å². The molecular weight excluding hydrogens is 316 g/mol. The van der Waals surface area contributed by atoms with E-state index in [2.05, 4.69) is 17.6 Å². The van der Waals surface area contributed by atoms with Crippen LogP contribution < -0.4 is 15.4 Å². The van der Waals surface area contributed by atoms with Crippen LogP contribution in [0.1, 0.15) is 32.6 Å². The van der Waals surface area contributed by atoms with E-state index in [-0.39, 0.29) is 23.7 Å². The number of methoxy groups -OCH3 is 1. The maximum absolute atomic E-state index is 12.2. The Labute approximate surface area is 141 Å². The van der Waals surface area contributed by atoms with E-state index < -0.39 is 0 Å². The molecule has 2 amide bonds. The monoisotopic (exact) mass is 338 g/mol. The summed E-state index contributed by atoms with van der Waals surface area (Å²) in [6.45, 7) is 2.81. The molecule has 1 fully saturated rings. The lowest BCUT2D eigenvalue weighted by Gasteiger charge is -2.08. The number of carbonyl (C=O) groups excluding carboxylic acids is 2. The Hall–Kier alpha value is -1.75. The molecular formula is C17H23ClN2O3. The molecule has 2 rings (SSSR count). The normalized spacial score (nSPS) is 19.1. The molecule has 6 heteroatoms. The summed E-state index contributed by atoms with van der Waals surface area (Å²) >= 11 is 6.03. The van der Waals surface area contributed by atoms with Crippen molar-refractivity contribution < 1.29 is 14.3 Å². The maximum Gasteiger partial charge on any atom is 0.228 e. The molecule has 0 saturated heterocycles. The molecule has 0 spiro atoms. The standard InChI is InChI=1S/C17H23ClN2O3/c1-3-4-5-8-19-16(21)12-10-13(12)17(22)20-11-6-7-15(23-2)14(18)9-11/h6-7,9,12-13H,3-5,8,10H2,1-2H3,(H,19,21)(H,20,22). The molecule has 1 aliphatic rings. The van der Waals surface area contributed by atoms with Gasteiger partial charge in [-0.05, 0) is 31.0 Å². The first kappa shape index (κ1) is 17.6. The predicted octanol–water partition coefficient (Wildman–Crippen LogP) is 3.23. The van der Waals surface area contributed by atoms with Gasteiger partial charge < -0.3 is 15.4 Å². The Morgan fingerprint density at radius 2 is 2.00 bits per heavy atom. The minimum atomic E-state index is -0.248. The third kappa shape index (κ3) is 4.86. The second-order valence-electron chi connectivity index (χ2n) is 5.79. The number of rotatable bonds is 8. The Bertz CT molecular complexity index is 577. The van der Waals surface area contributed by atoms with Crippen molar-refractivity contribution in [3.8, 4) is 5.75 Å². The molecule has 1 saturated carbocycles. The lowest BCUT2D eigenvalue weighted by Crippen LogP contribution is -2.28. The van der Waals surface area contributed by atoms with E-state index in [9.17, 15) is 9.59 Å². The fourth-order valence-electron chi connectivity index (χ4n) is 2.47. The summed E-state index contributed by atoms with van der Waals surface area (Å²) in [5.74, 6) is -0.0539. The number of hydrogen-bond donors (Lipinski definition) is 2. The van der Waals surface area contributed by atoms with Gasteiger partial charge in [-0.15, -0.1) is 0 Å². The molecule has 1 aromatic rings. The summed E-state index contributed by atoms with van der Waals surface area (Å²) in [7, 11) is 1.54. The van der Waals surface area contributed by atoms with Crippen LogP contribution in [0.25, 0.3) is 0 Å². The van der Waals surface area contributed by atoms with Crippen LogP contribution in [0.5, 0.6) is 5.75 Å². The van der Waals surface area contributed by atoms with Crippen molar-refractivity contribution in [3.63, 3.8) is 0 Å². The number of amides is 2. The highest BCUT2D eigenvalue weighted by atomic mass is 35.5. The van der Waals surface area contributed by atoms with Gasteiger partial charge in [0.05, 0.1) is 24.0 Å². The Morgan fingerprint density at radius 1 is 1.26 bits per heavy atom. The van der Waals surface area contributed by atoms with E-state index in [0.717, 1.165) is 19.3 Å². The second-order valence-corrected chi connectivity index (χ2v) is 6.19. The molecule has 1 aliphatic carbocycles. The molecule has 23 heavy (non-hydrogen) atoms. The quantitative estimate of drug-likeness (QED) is 0.715. The smallest absolute Gasteiger partial charge is 0.228 e. The molecule has 1 aromatic carbocycles. The number of carbonyl (C=O) groups is 2. The van der Waals surface area contributed by atoms with E-state index in [4.69, 9.17) is 16.3 Å². The molecule has 5 nitrogen and oxygen atoms in total. The summed E-state index contributed by atoms with van der Waals surface area (Å²) in [4.78, 5) is 24.1. The summed E-state index contributed by atoms with van der Waals surface area (Å²) in [6.07, 6.45) is 3.81. The van der Waals surface area contributed by atoms with Gasteiger partial charge in [-0.25, -0.2) is 0 Å². The number of hydrogen-bond acceptors (Lipinski definition) is 3. The Balaban J connectivity index is 1.79. The molecule has 0 heterocycles. The molecule has 2 atom stereocenters. The lowest BCUT2D eigenvalue weighted by atomic mass is 10.2. The van der Waals surface area contributed by atoms with E-state index in [1.165, 1.54) is 7.11 Å². The number of unbranched alkanes of at least 4 members (excludes halogenated alkanes) is 2. The van der Waals surface area contributed by atoms with Crippen LogP contribution in [-0.2, 0) is 9.59 Å². The SMILES string of the molecule is CCCCCNC(=O)C1CC1C(=O)Nc1ccc(OC)c(Cl)c1. The first-order valence-corrected chi connectivity index (χ1v) is 8.36. The highest BCUT2D eigenvalue weighted by molar-refractivity contribution is 6.32. The van der Waals surface area contributed by atoms with E-state index in [1.54, 1.807) is 18.2 Å². The van der Waals surface area contributed by atoms with Crippen molar-refractivity contribution >= 4 is 29.1 Å². The van der Waals surface area contributed by atoms with Gasteiger partial charge in [0.2, 0.25) is 11.8 Å². The zero-order valence-corrected chi connectivity index (χ0v) is 14.3. The first-order valence-electron chi connectivity index (χ1n) is 7.99. The van der Waals surface area contributed by atoms with E-state index >= 15 is 0 Å². The molecule has 0 bridgehead atoms. The Morgan fingerprint density at radius 3 is 2.65 bits per heavy atom. The maximum atomic E-state index is 12.2. The molecule has 2 unspecified atom stereocenters. The average molecular weight is 339 g/mol. The Kier molecular flexibility index (Phi) is 6.28. The van der Waals surface area contributed by atoms with Crippen molar-refractivity contribution in [2.75, 3.05) is 19.0 Å². The number of nitrogens with one attached hydrogen (secondary N) is 2. The second kappa shape index (κ2) is 8.20. The van der Waals surface area contributed by atoms with Gasteiger partial charge in [0.25, 0.3) is 0 Å². The average Bonchev–Trinajstić information content (AvgIpc) is 3.32. The van der Waals surface area contributed by atoms with Crippen LogP contribution >= 0.6 is 11.6 Å². The fraction of sp³-hybridized carbons (Fsp3) is 0.529. The molecule has 2 N–H and O–H groups in total. The predicted molar refractivity (Wildman–Crippen MR) is 90.8 cm³/mol. The van der Waals surface area contributed by atoms with Crippen LogP contribution in [0.3, 0.4) is 0 Å². The van der Waals surface area contributed by atoms with Crippen molar-refractivity contribution in [2.24, 2.45) is 11.8 Å². The highest BCUT2D eigenvalue weighted by Crippen LogP contribution is 2.39. The van der Waals surface area contributed by atoms with Gasteiger partial charge in [-0.1, -0.05) is 31.4 Å². The number of halogens is 1. The zero-order valence-electron chi connectivity index (χ0n) is 13.5. The van der Waals surface area contributed by atoms with Crippen LogP contribution in [0.4, 0.5) is 5.69 Å². The number of anilines is 1. The van der Waals surface area contributed by atoms with Gasteiger partial charge in [0.15, 0.2) is 0 Å². The van der Waals surface area contributed by atoms with Crippen molar-refractivity contribution in [1.82, 2.24) is 5.32 Å². The molecule has 0 aliphatic heterocycles. The van der Waals surface area contributed by atoms with Crippen molar-refractivity contribution in [1.29, 1.82) is 0 Å². The summed E-state index contributed by atoms with van der Waals surface area (Å²) in [5.41, 5.74) is 0.606. The minimum Gasteiger partial charge on any atom is -0.495 e. The first-order chi connectivity index (χ1) is 11.1. The minimum absolute atomic E-state index is 0.0194. The fourth-order valence-corrected chi connectivity index (χ4v) is 2.73. The van der Waals surface area contributed by atoms with Gasteiger partial charge in [-0.3, -0.25) is 9.59 Å². The van der Waals surface area contributed by atoms with Crippen LogP contribution in [0.2, 0.25) is 5.02 Å². The van der Waals surface area contributed by atoms with Crippen molar-refractivity contribution in [3.05, 3.63) is 23.2 Å². The summed E-state index contributed by atoms with van der Waals surface area (Å²) < 4.78 is 5.07. The van der Waals surface area contributed by atoms with Gasteiger partial charge in [-0.2, -0.15) is 0 Å². The topological polar surface area (TPSA) is 67.4 Å². The largest absolute Gasteiger partial charge is 0.495 e. The molecule has 0 aromatic heterocycles. The van der Waals surface area contributed by atoms with Gasteiger partial charge in [0, 0.05) is 12.2 Å². The van der Waals surface area contributed by atoms with Crippen LogP contribution in [-0.4, -0.2) is 25.5 Å². The van der Waals surface area contributed by atoms with Gasteiger partial charge >= 0.3 is 0 Å².